The fourth-order valence-electron chi connectivity index (χ4n) is 2.33. The molecule has 1 aliphatic rings. The van der Waals surface area contributed by atoms with E-state index in [1.165, 1.54) is 22.8 Å². The Labute approximate surface area is 140 Å². The Morgan fingerprint density at radius 1 is 1.35 bits per heavy atom. The minimum atomic E-state index is 0.492. The van der Waals surface area contributed by atoms with Crippen molar-refractivity contribution in [2.24, 2.45) is 0 Å². The molecule has 1 aromatic carbocycles. The maximum absolute atomic E-state index is 6.32. The normalized spacial score (nSPS) is 20.9. The van der Waals surface area contributed by atoms with Crippen molar-refractivity contribution in [3.05, 3.63) is 33.8 Å². The lowest BCUT2D eigenvalue weighted by Gasteiger charge is -2.30. The summed E-state index contributed by atoms with van der Waals surface area (Å²) in [5, 5.41) is 5.87. The van der Waals surface area contributed by atoms with Gasteiger partial charge in [-0.15, -0.1) is 0 Å². The van der Waals surface area contributed by atoms with Gasteiger partial charge in [-0.3, -0.25) is 0 Å². The second kappa shape index (κ2) is 8.79. The van der Waals surface area contributed by atoms with Crippen LogP contribution in [0, 0.1) is 0 Å². The predicted octanol–water partition coefficient (Wildman–Crippen LogP) is 4.75. The van der Waals surface area contributed by atoms with Gasteiger partial charge in [-0.05, 0) is 37.1 Å². The van der Waals surface area contributed by atoms with Crippen molar-refractivity contribution in [1.82, 2.24) is 5.32 Å². The highest BCUT2D eigenvalue weighted by atomic mass is 35.5. The van der Waals surface area contributed by atoms with E-state index < -0.39 is 0 Å². The van der Waals surface area contributed by atoms with Crippen molar-refractivity contribution >= 4 is 46.7 Å². The third-order valence-corrected chi connectivity index (χ3v) is 6.91. The van der Waals surface area contributed by atoms with Gasteiger partial charge in [0, 0.05) is 38.6 Å². The molecule has 0 aliphatic carbocycles. The minimum absolute atomic E-state index is 0.492. The van der Waals surface area contributed by atoms with Gasteiger partial charge < -0.3 is 5.32 Å². The summed E-state index contributed by atoms with van der Waals surface area (Å²) in [5.74, 6) is 3.77. The van der Waals surface area contributed by atoms with E-state index in [1.54, 1.807) is 0 Å². The van der Waals surface area contributed by atoms with Crippen LogP contribution in [-0.2, 0) is 6.42 Å². The molecule has 0 radical (unpaired) electrons. The molecule has 1 nitrogen and oxygen atoms in total. The summed E-state index contributed by atoms with van der Waals surface area (Å²) >= 11 is 16.5. The molecule has 2 unspecified atom stereocenters. The molecule has 1 aliphatic heterocycles. The van der Waals surface area contributed by atoms with Gasteiger partial charge in [0.05, 0.1) is 0 Å². The monoisotopic (exact) mass is 349 g/mol. The van der Waals surface area contributed by atoms with Gasteiger partial charge in [0.25, 0.3) is 0 Å². The third-order valence-electron chi connectivity index (χ3n) is 3.40. The van der Waals surface area contributed by atoms with Crippen LogP contribution >= 0.6 is 46.7 Å². The molecule has 0 amide bonds. The molecule has 1 N–H and O–H groups in total. The lowest BCUT2D eigenvalue weighted by molar-refractivity contribution is 0.506. The number of benzene rings is 1. The van der Waals surface area contributed by atoms with Crippen molar-refractivity contribution in [1.29, 1.82) is 0 Å². The Morgan fingerprint density at radius 2 is 2.20 bits per heavy atom. The van der Waals surface area contributed by atoms with Crippen LogP contribution < -0.4 is 5.32 Å². The van der Waals surface area contributed by atoms with Crippen molar-refractivity contribution in [2.45, 2.75) is 31.1 Å². The van der Waals surface area contributed by atoms with Crippen molar-refractivity contribution in [3.8, 4) is 0 Å². The topological polar surface area (TPSA) is 12.0 Å². The zero-order valence-electron chi connectivity index (χ0n) is 11.7. The van der Waals surface area contributed by atoms with Gasteiger partial charge in [0.1, 0.15) is 0 Å². The first-order chi connectivity index (χ1) is 9.70. The van der Waals surface area contributed by atoms with E-state index in [4.69, 9.17) is 23.2 Å². The number of halogens is 2. The van der Waals surface area contributed by atoms with E-state index in [-0.39, 0.29) is 0 Å². The molecule has 1 saturated heterocycles. The Bertz CT molecular complexity index is 422. The van der Waals surface area contributed by atoms with Crippen molar-refractivity contribution in [2.75, 3.05) is 23.8 Å². The highest BCUT2D eigenvalue weighted by Crippen LogP contribution is 2.29. The van der Waals surface area contributed by atoms with Crippen LogP contribution in [0.2, 0.25) is 10.0 Å². The quantitative estimate of drug-likeness (QED) is 0.795. The average Bonchev–Trinajstić information content (AvgIpc) is 2.46. The summed E-state index contributed by atoms with van der Waals surface area (Å²) in [4.78, 5) is 0. The Kier molecular flexibility index (Phi) is 7.40. The van der Waals surface area contributed by atoms with Crippen LogP contribution in [0.25, 0.3) is 0 Å². The molecule has 1 aromatic rings. The van der Waals surface area contributed by atoms with E-state index in [0.717, 1.165) is 24.4 Å². The minimum Gasteiger partial charge on any atom is -0.313 e. The smallest absolute Gasteiger partial charge is 0.0453 e. The van der Waals surface area contributed by atoms with Crippen molar-refractivity contribution in [3.63, 3.8) is 0 Å². The molecule has 2 atom stereocenters. The molecule has 0 spiro atoms. The summed E-state index contributed by atoms with van der Waals surface area (Å²) in [5.41, 5.74) is 1.20. The summed E-state index contributed by atoms with van der Waals surface area (Å²) < 4.78 is 0. The molecule has 0 saturated carbocycles. The van der Waals surface area contributed by atoms with E-state index in [2.05, 4.69) is 41.8 Å². The lowest BCUT2D eigenvalue weighted by atomic mass is 10.0. The number of hydrogen-bond donors (Lipinski definition) is 1. The van der Waals surface area contributed by atoms with E-state index in [1.807, 2.05) is 12.1 Å². The molecular weight excluding hydrogens is 329 g/mol. The van der Waals surface area contributed by atoms with Crippen LogP contribution in [0.4, 0.5) is 0 Å². The summed E-state index contributed by atoms with van der Waals surface area (Å²) in [6.07, 6.45) is 2.14. The standard InChI is InChI=1S/C15H21Cl2NS2/c1-2-5-18-14(15-10-19-6-7-20-15)8-11-3-4-12(16)9-13(11)17/h3-4,9,14-15,18H,2,5-8,10H2,1H3. The van der Waals surface area contributed by atoms with Gasteiger partial charge in [-0.1, -0.05) is 36.2 Å². The molecular formula is C15H21Cl2NS2. The second-order valence-corrected chi connectivity index (χ2v) is 8.33. The first-order valence-corrected chi connectivity index (χ1v) is 10.0. The summed E-state index contributed by atoms with van der Waals surface area (Å²) in [6.45, 7) is 3.28. The molecule has 0 aromatic heterocycles. The first kappa shape index (κ1) is 16.8. The van der Waals surface area contributed by atoms with E-state index in [0.29, 0.717) is 16.3 Å². The highest BCUT2D eigenvalue weighted by molar-refractivity contribution is 8.06. The fourth-order valence-corrected chi connectivity index (χ4v) is 5.70. The average molecular weight is 350 g/mol. The van der Waals surface area contributed by atoms with Gasteiger partial charge in [0.15, 0.2) is 0 Å². The maximum Gasteiger partial charge on any atom is 0.0453 e. The van der Waals surface area contributed by atoms with Crippen LogP contribution in [0.5, 0.6) is 0 Å². The fraction of sp³-hybridized carbons (Fsp3) is 0.600. The summed E-state index contributed by atoms with van der Waals surface area (Å²) in [6, 6.07) is 6.33. The van der Waals surface area contributed by atoms with Crippen LogP contribution in [0.15, 0.2) is 18.2 Å². The van der Waals surface area contributed by atoms with E-state index >= 15 is 0 Å². The Hall–Kier alpha value is 0.460. The molecule has 112 valence electrons. The molecule has 1 fully saturated rings. The highest BCUT2D eigenvalue weighted by Gasteiger charge is 2.24. The maximum atomic E-state index is 6.32. The number of hydrogen-bond acceptors (Lipinski definition) is 3. The SMILES string of the molecule is CCCNC(Cc1ccc(Cl)cc1Cl)C1CSCCS1. The van der Waals surface area contributed by atoms with Crippen LogP contribution in [0.3, 0.4) is 0 Å². The van der Waals surface area contributed by atoms with Crippen LogP contribution in [0.1, 0.15) is 18.9 Å². The number of rotatable bonds is 6. The zero-order valence-corrected chi connectivity index (χ0v) is 14.8. The Balaban J connectivity index is 2.05. The number of nitrogens with one attached hydrogen (secondary N) is 1. The van der Waals surface area contributed by atoms with Crippen molar-refractivity contribution < 1.29 is 0 Å². The first-order valence-electron chi connectivity index (χ1n) is 7.07. The predicted molar refractivity (Wildman–Crippen MR) is 95.8 cm³/mol. The second-order valence-electron chi connectivity index (χ2n) is 4.98. The van der Waals surface area contributed by atoms with Crippen LogP contribution in [-0.4, -0.2) is 35.1 Å². The molecule has 2 rings (SSSR count). The lowest BCUT2D eigenvalue weighted by Crippen LogP contribution is -2.43. The molecule has 20 heavy (non-hydrogen) atoms. The van der Waals surface area contributed by atoms with Gasteiger partial charge >= 0.3 is 0 Å². The van der Waals surface area contributed by atoms with Gasteiger partial charge in [-0.25, -0.2) is 0 Å². The van der Waals surface area contributed by atoms with Gasteiger partial charge in [0.2, 0.25) is 0 Å². The molecule has 1 heterocycles. The zero-order chi connectivity index (χ0) is 14.4. The Morgan fingerprint density at radius 3 is 2.85 bits per heavy atom. The largest absolute Gasteiger partial charge is 0.313 e. The summed E-state index contributed by atoms with van der Waals surface area (Å²) in [7, 11) is 0. The third kappa shape index (κ3) is 5.03. The number of thioether (sulfide) groups is 2. The molecule has 5 heteroatoms. The molecule has 0 bridgehead atoms. The van der Waals surface area contributed by atoms with Gasteiger partial charge in [-0.2, -0.15) is 23.5 Å². The van der Waals surface area contributed by atoms with E-state index in [9.17, 15) is 0 Å².